The third-order valence-electron chi connectivity index (χ3n) is 2.85. The molecule has 0 fully saturated rings. The number of aliphatic hydroxyl groups excluding tert-OH is 1. The van der Waals surface area contributed by atoms with Gasteiger partial charge in [-0.1, -0.05) is 18.2 Å². The fourth-order valence-corrected chi connectivity index (χ4v) is 1.79. The Morgan fingerprint density at radius 2 is 1.90 bits per heavy atom. The number of benzene rings is 2. The molecule has 2 aromatic rings. The van der Waals surface area contributed by atoms with Gasteiger partial charge in [-0.25, -0.2) is 8.78 Å². The van der Waals surface area contributed by atoms with Crippen LogP contribution >= 0.6 is 0 Å². The number of nitriles is 1. The smallest absolute Gasteiger partial charge is 0.147 e. The number of hydrogen-bond acceptors (Lipinski definition) is 3. The zero-order valence-electron chi connectivity index (χ0n) is 10.5. The van der Waals surface area contributed by atoms with Crippen molar-refractivity contribution in [3.8, 4) is 6.07 Å². The van der Waals surface area contributed by atoms with Crippen molar-refractivity contribution in [2.45, 2.75) is 6.10 Å². The van der Waals surface area contributed by atoms with Crippen molar-refractivity contribution in [1.29, 1.82) is 5.26 Å². The van der Waals surface area contributed by atoms with Gasteiger partial charge >= 0.3 is 0 Å². The molecule has 0 bridgehead atoms. The minimum absolute atomic E-state index is 0.0379. The van der Waals surface area contributed by atoms with Crippen LogP contribution in [0.2, 0.25) is 0 Å². The lowest BCUT2D eigenvalue weighted by atomic mass is 10.1. The quantitative estimate of drug-likeness (QED) is 0.901. The lowest BCUT2D eigenvalue weighted by Crippen LogP contribution is -2.14. The van der Waals surface area contributed by atoms with Gasteiger partial charge in [0.1, 0.15) is 11.6 Å². The Balaban J connectivity index is 2.06. The molecule has 5 heteroatoms. The highest BCUT2D eigenvalue weighted by Crippen LogP contribution is 2.19. The van der Waals surface area contributed by atoms with Gasteiger partial charge in [0.25, 0.3) is 0 Å². The van der Waals surface area contributed by atoms with E-state index in [1.807, 2.05) is 6.07 Å². The van der Waals surface area contributed by atoms with E-state index in [-0.39, 0.29) is 23.4 Å². The summed E-state index contributed by atoms with van der Waals surface area (Å²) < 4.78 is 27.0. The Bertz CT molecular complexity index is 653. The Morgan fingerprint density at radius 1 is 1.15 bits per heavy atom. The van der Waals surface area contributed by atoms with Crippen molar-refractivity contribution in [1.82, 2.24) is 0 Å². The largest absolute Gasteiger partial charge is 0.386 e. The predicted octanol–water partition coefficient (Wildman–Crippen LogP) is 2.98. The van der Waals surface area contributed by atoms with E-state index in [4.69, 9.17) is 5.26 Å². The first-order valence-corrected chi connectivity index (χ1v) is 5.98. The molecule has 0 aromatic heterocycles. The van der Waals surface area contributed by atoms with Crippen molar-refractivity contribution in [2.75, 3.05) is 11.9 Å². The van der Waals surface area contributed by atoms with Crippen LogP contribution in [0.4, 0.5) is 14.5 Å². The molecule has 1 atom stereocenters. The number of halogens is 2. The summed E-state index contributed by atoms with van der Waals surface area (Å²) in [6.07, 6.45) is -1.09. The molecule has 0 saturated heterocycles. The molecule has 0 heterocycles. The Kier molecular flexibility index (Phi) is 4.28. The highest BCUT2D eigenvalue weighted by Gasteiger charge is 2.12. The van der Waals surface area contributed by atoms with E-state index in [1.165, 1.54) is 30.3 Å². The van der Waals surface area contributed by atoms with Crippen molar-refractivity contribution < 1.29 is 13.9 Å². The molecule has 0 aliphatic rings. The fraction of sp³-hybridized carbons (Fsp3) is 0.133. The van der Waals surface area contributed by atoms with E-state index in [9.17, 15) is 13.9 Å². The topological polar surface area (TPSA) is 56.0 Å². The van der Waals surface area contributed by atoms with Crippen molar-refractivity contribution in [2.24, 2.45) is 0 Å². The molecule has 2 aromatic carbocycles. The Hall–Kier alpha value is -2.45. The summed E-state index contributed by atoms with van der Waals surface area (Å²) in [4.78, 5) is 0. The summed E-state index contributed by atoms with van der Waals surface area (Å²) >= 11 is 0. The van der Waals surface area contributed by atoms with E-state index in [2.05, 4.69) is 5.32 Å². The summed E-state index contributed by atoms with van der Waals surface area (Å²) in [5, 5.41) is 21.2. The summed E-state index contributed by atoms with van der Waals surface area (Å²) in [5.74, 6) is -1.10. The third kappa shape index (κ3) is 3.11. The number of rotatable bonds is 4. The fourth-order valence-electron chi connectivity index (χ4n) is 1.79. The van der Waals surface area contributed by atoms with Crippen LogP contribution < -0.4 is 5.32 Å². The van der Waals surface area contributed by atoms with E-state index >= 15 is 0 Å². The minimum Gasteiger partial charge on any atom is -0.386 e. The molecule has 0 aliphatic carbocycles. The van der Waals surface area contributed by atoms with E-state index in [0.29, 0.717) is 0 Å². The second-order valence-corrected chi connectivity index (χ2v) is 4.22. The summed E-state index contributed by atoms with van der Waals surface area (Å²) in [6, 6.07) is 11.6. The van der Waals surface area contributed by atoms with Gasteiger partial charge in [-0.3, -0.25) is 0 Å². The maximum Gasteiger partial charge on any atom is 0.147 e. The van der Waals surface area contributed by atoms with Gasteiger partial charge in [-0.2, -0.15) is 5.26 Å². The van der Waals surface area contributed by atoms with Crippen LogP contribution in [0.3, 0.4) is 0 Å². The second kappa shape index (κ2) is 6.13. The minimum atomic E-state index is -1.09. The number of aliphatic hydroxyl groups is 1. The molecule has 20 heavy (non-hydrogen) atoms. The average molecular weight is 274 g/mol. The molecular formula is C15H12F2N2O. The maximum atomic E-state index is 13.6. The second-order valence-electron chi connectivity index (χ2n) is 4.22. The Labute approximate surface area is 115 Å². The molecule has 0 aliphatic heterocycles. The molecule has 0 spiro atoms. The number of nitrogens with zero attached hydrogens (tertiary/aromatic N) is 1. The predicted molar refractivity (Wildman–Crippen MR) is 71.0 cm³/mol. The molecule has 3 nitrogen and oxygen atoms in total. The van der Waals surface area contributed by atoms with Gasteiger partial charge in [-0.15, -0.1) is 0 Å². The monoisotopic (exact) mass is 274 g/mol. The zero-order chi connectivity index (χ0) is 14.5. The van der Waals surface area contributed by atoms with Crippen molar-refractivity contribution >= 4 is 5.69 Å². The van der Waals surface area contributed by atoms with Gasteiger partial charge in [0.2, 0.25) is 0 Å². The van der Waals surface area contributed by atoms with Crippen LogP contribution in [-0.4, -0.2) is 11.7 Å². The van der Waals surface area contributed by atoms with Gasteiger partial charge in [-0.05, 0) is 24.3 Å². The van der Waals surface area contributed by atoms with Crippen LogP contribution in [0, 0.1) is 23.0 Å². The molecule has 0 radical (unpaired) electrons. The summed E-state index contributed by atoms with van der Waals surface area (Å²) in [7, 11) is 0. The highest BCUT2D eigenvalue weighted by atomic mass is 19.1. The van der Waals surface area contributed by atoms with Gasteiger partial charge in [0.15, 0.2) is 0 Å². The first-order valence-electron chi connectivity index (χ1n) is 5.98. The number of anilines is 1. The molecule has 102 valence electrons. The van der Waals surface area contributed by atoms with Crippen LogP contribution in [0.1, 0.15) is 17.2 Å². The SMILES string of the molecule is N#Cc1ccc(NCC(O)c2ccccc2F)c(F)c1. The Morgan fingerprint density at radius 3 is 2.55 bits per heavy atom. The molecule has 1 unspecified atom stereocenters. The molecule has 2 rings (SSSR count). The van der Waals surface area contributed by atoms with E-state index in [0.717, 1.165) is 6.07 Å². The summed E-state index contributed by atoms with van der Waals surface area (Å²) in [6.45, 7) is -0.0379. The lowest BCUT2D eigenvalue weighted by Gasteiger charge is -2.14. The van der Waals surface area contributed by atoms with Crippen molar-refractivity contribution in [3.63, 3.8) is 0 Å². The van der Waals surface area contributed by atoms with Crippen LogP contribution in [0.25, 0.3) is 0 Å². The van der Waals surface area contributed by atoms with Gasteiger partial charge in [0, 0.05) is 12.1 Å². The van der Waals surface area contributed by atoms with Gasteiger partial charge in [0.05, 0.1) is 23.4 Å². The summed E-state index contributed by atoms with van der Waals surface area (Å²) in [5.41, 5.74) is 0.510. The lowest BCUT2D eigenvalue weighted by molar-refractivity contribution is 0.186. The number of hydrogen-bond donors (Lipinski definition) is 2. The van der Waals surface area contributed by atoms with Crippen LogP contribution in [-0.2, 0) is 0 Å². The first kappa shape index (κ1) is 14.0. The normalized spacial score (nSPS) is 11.7. The molecule has 0 saturated carbocycles. The zero-order valence-corrected chi connectivity index (χ0v) is 10.5. The molecule has 2 N–H and O–H groups in total. The van der Waals surface area contributed by atoms with Crippen LogP contribution in [0.5, 0.6) is 0 Å². The van der Waals surface area contributed by atoms with E-state index in [1.54, 1.807) is 6.07 Å². The third-order valence-corrected chi connectivity index (χ3v) is 2.85. The van der Waals surface area contributed by atoms with Crippen molar-refractivity contribution in [3.05, 3.63) is 65.2 Å². The maximum absolute atomic E-state index is 13.6. The van der Waals surface area contributed by atoms with Crippen LogP contribution in [0.15, 0.2) is 42.5 Å². The highest BCUT2D eigenvalue weighted by molar-refractivity contribution is 5.49. The van der Waals surface area contributed by atoms with Gasteiger partial charge < -0.3 is 10.4 Å². The first-order chi connectivity index (χ1) is 9.61. The molecular weight excluding hydrogens is 262 g/mol. The van der Waals surface area contributed by atoms with E-state index < -0.39 is 17.7 Å². The average Bonchev–Trinajstić information content (AvgIpc) is 2.46. The number of nitrogens with one attached hydrogen (secondary N) is 1. The standard InChI is InChI=1S/C15H12F2N2O/c16-12-4-2-1-3-11(12)15(20)9-19-14-6-5-10(8-18)7-13(14)17/h1-7,15,19-20H,9H2. The molecule has 0 amide bonds.